The summed E-state index contributed by atoms with van der Waals surface area (Å²) < 4.78 is 2.49. The average molecular weight is 576 g/mol. The van der Waals surface area contributed by atoms with Crippen molar-refractivity contribution in [1.82, 2.24) is 25.2 Å². The Labute approximate surface area is 228 Å². The van der Waals surface area contributed by atoms with Crippen LogP contribution in [0.2, 0.25) is 5.02 Å². The molecule has 3 aromatic carbocycles. The van der Waals surface area contributed by atoms with Crippen LogP contribution in [0.25, 0.3) is 16.9 Å². The minimum absolute atomic E-state index is 0.252. The molecule has 2 aromatic heterocycles. The molecule has 5 rings (SSSR count). The molecule has 0 fully saturated rings. The van der Waals surface area contributed by atoms with E-state index >= 15 is 0 Å². The molecular formula is C28H24BrClN6O. The van der Waals surface area contributed by atoms with Crippen LogP contribution in [-0.2, 0) is 0 Å². The summed E-state index contributed by atoms with van der Waals surface area (Å²) in [5.74, 6) is 0.735. The van der Waals surface area contributed by atoms with E-state index in [1.165, 1.54) is 0 Å². The molecular weight excluding hydrogens is 552 g/mol. The van der Waals surface area contributed by atoms with E-state index in [1.54, 1.807) is 10.7 Å². The van der Waals surface area contributed by atoms with Gasteiger partial charge < -0.3 is 16.0 Å². The minimum Gasteiger partial charge on any atom is -0.368 e. The summed E-state index contributed by atoms with van der Waals surface area (Å²) in [6.07, 6.45) is 1.70. The number of aromatic nitrogens is 3. The maximum Gasteiger partial charge on any atom is 0.315 e. The molecule has 0 aliphatic rings. The van der Waals surface area contributed by atoms with Gasteiger partial charge in [0.2, 0.25) is 0 Å². The van der Waals surface area contributed by atoms with Gasteiger partial charge >= 0.3 is 6.03 Å². The molecule has 0 unspecified atom stereocenters. The lowest BCUT2D eigenvalue weighted by Gasteiger charge is -2.20. The summed E-state index contributed by atoms with van der Waals surface area (Å²) >= 11 is 9.94. The lowest BCUT2D eigenvalue weighted by molar-refractivity contribution is 0.239. The largest absolute Gasteiger partial charge is 0.368 e. The summed E-state index contributed by atoms with van der Waals surface area (Å²) in [4.78, 5) is 17.5. The van der Waals surface area contributed by atoms with E-state index in [1.807, 2.05) is 91.0 Å². The zero-order chi connectivity index (χ0) is 25.6. The van der Waals surface area contributed by atoms with Crippen LogP contribution in [0.4, 0.5) is 10.6 Å². The molecule has 0 atom stereocenters. The number of hydrogen-bond donors (Lipinski definition) is 3. The SMILES string of the molecule is O=C(NCCNc1cc(-c2ccccc2Cl)nc2c(Br)cnn12)NC(c1ccccc1)c1ccccc1. The number of amides is 2. The van der Waals surface area contributed by atoms with Gasteiger partial charge in [-0.25, -0.2) is 9.78 Å². The number of hydrogen-bond acceptors (Lipinski definition) is 4. The van der Waals surface area contributed by atoms with Gasteiger partial charge in [0.25, 0.3) is 0 Å². The van der Waals surface area contributed by atoms with Gasteiger partial charge in [0, 0.05) is 29.7 Å². The van der Waals surface area contributed by atoms with Gasteiger partial charge in [-0.15, -0.1) is 0 Å². The normalized spacial score (nSPS) is 11.0. The lowest BCUT2D eigenvalue weighted by atomic mass is 9.99. The van der Waals surface area contributed by atoms with Crippen LogP contribution in [0.3, 0.4) is 0 Å². The Morgan fingerprint density at radius 1 is 0.919 bits per heavy atom. The molecule has 3 N–H and O–H groups in total. The van der Waals surface area contributed by atoms with E-state index in [-0.39, 0.29) is 12.1 Å². The van der Waals surface area contributed by atoms with Crippen LogP contribution < -0.4 is 16.0 Å². The second-order valence-electron chi connectivity index (χ2n) is 8.32. The topological polar surface area (TPSA) is 83.3 Å². The number of carbonyl (C=O) groups is 1. The molecule has 0 bridgehead atoms. The van der Waals surface area contributed by atoms with E-state index in [0.717, 1.165) is 32.7 Å². The van der Waals surface area contributed by atoms with Crippen molar-refractivity contribution in [2.24, 2.45) is 0 Å². The highest BCUT2D eigenvalue weighted by Gasteiger charge is 2.17. The molecule has 0 saturated carbocycles. The van der Waals surface area contributed by atoms with Gasteiger partial charge in [-0.2, -0.15) is 9.61 Å². The average Bonchev–Trinajstić information content (AvgIpc) is 3.31. The molecule has 0 radical (unpaired) electrons. The highest BCUT2D eigenvalue weighted by molar-refractivity contribution is 9.10. The van der Waals surface area contributed by atoms with Crippen molar-refractivity contribution >= 4 is 45.0 Å². The lowest BCUT2D eigenvalue weighted by Crippen LogP contribution is -2.40. The summed E-state index contributed by atoms with van der Waals surface area (Å²) in [7, 11) is 0. The summed E-state index contributed by atoms with van der Waals surface area (Å²) in [6.45, 7) is 0.878. The van der Waals surface area contributed by atoms with Crippen LogP contribution in [0.15, 0.2) is 102 Å². The number of carbonyl (C=O) groups excluding carboxylic acids is 1. The third-order valence-electron chi connectivity index (χ3n) is 5.84. The zero-order valence-electron chi connectivity index (χ0n) is 19.7. The molecule has 2 amide bonds. The molecule has 2 heterocycles. The first-order chi connectivity index (χ1) is 18.1. The van der Waals surface area contributed by atoms with E-state index in [9.17, 15) is 4.79 Å². The van der Waals surface area contributed by atoms with Gasteiger partial charge in [-0.3, -0.25) is 0 Å². The molecule has 0 aliphatic heterocycles. The van der Waals surface area contributed by atoms with Crippen molar-refractivity contribution in [3.63, 3.8) is 0 Å². The Balaban J connectivity index is 1.26. The Morgan fingerprint density at radius 2 is 1.57 bits per heavy atom. The van der Waals surface area contributed by atoms with E-state index < -0.39 is 0 Å². The van der Waals surface area contributed by atoms with Gasteiger partial charge in [-0.05, 0) is 33.1 Å². The third kappa shape index (κ3) is 5.76. The van der Waals surface area contributed by atoms with Crippen molar-refractivity contribution in [3.05, 3.63) is 118 Å². The summed E-state index contributed by atoms with van der Waals surface area (Å²) in [5.41, 5.74) is 4.24. The number of fused-ring (bicyclic) bond motifs is 1. The molecule has 9 heteroatoms. The second-order valence-corrected chi connectivity index (χ2v) is 9.58. The third-order valence-corrected chi connectivity index (χ3v) is 6.73. The maximum absolute atomic E-state index is 12.8. The summed E-state index contributed by atoms with van der Waals surface area (Å²) in [6, 6.07) is 28.8. The molecule has 37 heavy (non-hydrogen) atoms. The fraction of sp³-hybridized carbons (Fsp3) is 0.107. The number of halogens is 2. The standard InChI is InChI=1S/C28H24BrClN6O/c29-22-18-33-36-25(17-24(34-27(22)36)21-13-7-8-14-23(21)30)31-15-16-32-28(37)35-26(19-9-3-1-4-10-19)20-11-5-2-6-12-20/h1-14,17-18,26,31H,15-16H2,(H2,32,35,37). The number of anilines is 1. The molecule has 0 saturated heterocycles. The Bertz CT molecular complexity index is 1470. The van der Waals surface area contributed by atoms with Gasteiger partial charge in [0.1, 0.15) is 5.82 Å². The van der Waals surface area contributed by atoms with Crippen molar-refractivity contribution in [2.45, 2.75) is 6.04 Å². The number of urea groups is 1. The highest BCUT2D eigenvalue weighted by Crippen LogP contribution is 2.30. The van der Waals surface area contributed by atoms with E-state index in [2.05, 4.69) is 37.0 Å². The molecule has 5 aromatic rings. The quantitative estimate of drug-likeness (QED) is 0.189. The van der Waals surface area contributed by atoms with Crippen molar-refractivity contribution < 1.29 is 4.79 Å². The van der Waals surface area contributed by atoms with Crippen LogP contribution in [0.5, 0.6) is 0 Å². The molecule has 0 aliphatic carbocycles. The number of nitrogens with zero attached hydrogens (tertiary/aromatic N) is 3. The van der Waals surface area contributed by atoms with E-state index in [4.69, 9.17) is 16.6 Å². The first kappa shape index (κ1) is 24.8. The fourth-order valence-electron chi connectivity index (χ4n) is 4.07. The number of benzene rings is 3. The predicted molar refractivity (Wildman–Crippen MR) is 151 cm³/mol. The van der Waals surface area contributed by atoms with Crippen LogP contribution in [0.1, 0.15) is 17.2 Å². The highest BCUT2D eigenvalue weighted by atomic mass is 79.9. The van der Waals surface area contributed by atoms with Crippen LogP contribution in [0, 0.1) is 0 Å². The molecule has 0 spiro atoms. The van der Waals surface area contributed by atoms with Crippen molar-refractivity contribution in [1.29, 1.82) is 0 Å². The Hall–Kier alpha value is -3.88. The maximum atomic E-state index is 12.8. The number of nitrogens with one attached hydrogen (secondary N) is 3. The fourth-order valence-corrected chi connectivity index (χ4v) is 4.65. The molecule has 186 valence electrons. The summed E-state index contributed by atoms with van der Waals surface area (Å²) in [5, 5.41) is 14.4. The first-order valence-electron chi connectivity index (χ1n) is 11.8. The number of rotatable bonds is 8. The van der Waals surface area contributed by atoms with Gasteiger partial charge in [0.15, 0.2) is 5.65 Å². The first-order valence-corrected chi connectivity index (χ1v) is 12.9. The minimum atomic E-state index is -0.255. The van der Waals surface area contributed by atoms with Crippen molar-refractivity contribution in [3.8, 4) is 11.3 Å². The van der Waals surface area contributed by atoms with Crippen LogP contribution in [-0.4, -0.2) is 33.7 Å². The second kappa shape index (κ2) is 11.5. The van der Waals surface area contributed by atoms with Gasteiger partial charge in [-0.1, -0.05) is 90.5 Å². The molecule has 7 nitrogen and oxygen atoms in total. The van der Waals surface area contributed by atoms with Crippen LogP contribution >= 0.6 is 27.5 Å². The Kier molecular flexibility index (Phi) is 7.67. The zero-order valence-corrected chi connectivity index (χ0v) is 22.1. The Morgan fingerprint density at radius 3 is 2.24 bits per heavy atom. The predicted octanol–water partition coefficient (Wildman–Crippen LogP) is 6.31. The van der Waals surface area contributed by atoms with Gasteiger partial charge in [0.05, 0.1) is 22.4 Å². The van der Waals surface area contributed by atoms with E-state index in [0.29, 0.717) is 23.8 Å². The smallest absolute Gasteiger partial charge is 0.315 e. The monoisotopic (exact) mass is 574 g/mol. The van der Waals surface area contributed by atoms with Crippen molar-refractivity contribution in [2.75, 3.05) is 18.4 Å².